The summed E-state index contributed by atoms with van der Waals surface area (Å²) in [6, 6.07) is 4.04. The third-order valence-electron chi connectivity index (χ3n) is 7.97. The van der Waals surface area contributed by atoms with E-state index in [9.17, 15) is 44.3 Å². The molecular formula is C28H29F7N4O4S. The zero-order valence-electron chi connectivity index (χ0n) is 23.2. The van der Waals surface area contributed by atoms with Gasteiger partial charge >= 0.3 is 12.4 Å². The number of amides is 2. The second-order valence-corrected chi connectivity index (χ2v) is 13.5. The number of rotatable bonds is 11. The smallest absolute Gasteiger partial charge is 0.334 e. The Balaban J connectivity index is 1.52. The summed E-state index contributed by atoms with van der Waals surface area (Å²) in [4.78, 5) is 26.5. The molecule has 2 aromatic rings. The minimum absolute atomic E-state index is 0.0120. The molecular weight excluding hydrogens is 621 g/mol. The molecule has 1 aromatic heterocycles. The molecule has 1 atom stereocenters. The van der Waals surface area contributed by atoms with E-state index in [4.69, 9.17) is 0 Å². The molecule has 240 valence electrons. The van der Waals surface area contributed by atoms with Crippen molar-refractivity contribution >= 4 is 27.4 Å². The lowest BCUT2D eigenvalue weighted by atomic mass is 9.77. The molecule has 1 aromatic carbocycles. The van der Waals surface area contributed by atoms with E-state index in [2.05, 4.69) is 5.10 Å². The lowest BCUT2D eigenvalue weighted by molar-refractivity contribution is -0.202. The number of nitrogens with zero attached hydrogens (tertiary/aromatic N) is 2. The van der Waals surface area contributed by atoms with Crippen molar-refractivity contribution in [2.45, 2.75) is 87.5 Å². The second kappa shape index (κ2) is 11.5. The van der Waals surface area contributed by atoms with Crippen molar-refractivity contribution in [3.63, 3.8) is 0 Å². The van der Waals surface area contributed by atoms with Crippen molar-refractivity contribution < 1.29 is 48.7 Å². The van der Waals surface area contributed by atoms with Crippen molar-refractivity contribution in [1.82, 2.24) is 19.8 Å². The molecule has 2 fully saturated rings. The van der Waals surface area contributed by atoms with Crippen LogP contribution in [0.25, 0.3) is 5.57 Å². The molecule has 0 bridgehead atoms. The van der Waals surface area contributed by atoms with E-state index >= 15 is 4.39 Å². The number of alkyl halides is 6. The molecule has 2 N–H and O–H groups in total. The fraction of sp³-hybridized carbons (Fsp3) is 0.536. The van der Waals surface area contributed by atoms with Gasteiger partial charge in [-0.2, -0.15) is 31.4 Å². The number of hydrogen-bond acceptors (Lipinski definition) is 5. The summed E-state index contributed by atoms with van der Waals surface area (Å²) in [6.07, 6.45) is -8.31. The Morgan fingerprint density at radius 2 is 1.77 bits per heavy atom. The van der Waals surface area contributed by atoms with Crippen LogP contribution >= 0.6 is 0 Å². The van der Waals surface area contributed by atoms with Gasteiger partial charge in [-0.05, 0) is 68.6 Å². The van der Waals surface area contributed by atoms with Gasteiger partial charge in [-0.3, -0.25) is 14.3 Å². The van der Waals surface area contributed by atoms with Crippen LogP contribution in [-0.2, 0) is 38.1 Å². The Morgan fingerprint density at radius 3 is 2.36 bits per heavy atom. The maximum absolute atomic E-state index is 15.5. The summed E-state index contributed by atoms with van der Waals surface area (Å²) in [5.74, 6) is -4.04. The van der Waals surface area contributed by atoms with Gasteiger partial charge in [0.2, 0.25) is 10.0 Å². The second-order valence-electron chi connectivity index (χ2n) is 11.6. The van der Waals surface area contributed by atoms with Crippen molar-refractivity contribution in [3.05, 3.63) is 58.7 Å². The van der Waals surface area contributed by atoms with Crippen LogP contribution in [0.1, 0.15) is 68.2 Å². The number of unbranched alkanes of at least 4 members (excludes halogenated alkanes) is 1. The lowest BCUT2D eigenvalue weighted by Gasteiger charge is -2.41. The number of halogens is 7. The van der Waals surface area contributed by atoms with Crippen LogP contribution < -0.4 is 10.0 Å². The maximum Gasteiger partial charge on any atom is 0.416 e. The lowest BCUT2D eigenvalue weighted by Crippen LogP contribution is -2.60. The number of carbonyl (C=O) groups excluding carboxylic acids is 2. The molecule has 8 nitrogen and oxygen atoms in total. The molecule has 0 spiro atoms. The molecule has 3 aliphatic rings. The normalized spacial score (nSPS) is 21.4. The van der Waals surface area contributed by atoms with E-state index in [0.717, 1.165) is 31.0 Å². The number of nitrogens with one attached hydrogen (secondary N) is 2. The minimum atomic E-state index is -5.32. The number of aromatic nitrogens is 2. The predicted octanol–water partition coefficient (Wildman–Crippen LogP) is 5.05. The predicted molar refractivity (Wildman–Crippen MR) is 142 cm³/mol. The summed E-state index contributed by atoms with van der Waals surface area (Å²) in [5.41, 5.74) is -5.76. The van der Waals surface area contributed by atoms with E-state index in [1.54, 1.807) is 10.0 Å². The van der Waals surface area contributed by atoms with Gasteiger partial charge in [-0.1, -0.05) is 12.1 Å². The van der Waals surface area contributed by atoms with Crippen molar-refractivity contribution in [1.29, 1.82) is 0 Å². The molecule has 0 saturated heterocycles. The zero-order valence-corrected chi connectivity index (χ0v) is 24.0. The standard InChI is InChI=1S/C28H29F7N4O4S/c29-21-13-16(3-1-2-11-27(30,31)32)6-9-20(21)26(28(33,34)35)14-19(22-10-12-39(37-22)15-17-4-5-17)23(24(40)36-26)25(41)38-44(42,43)18-7-8-18/h6,9-10,12-13,17-18H,1-5,7-8,11,14-15H2,(H,36,40)(H,38,41)/t26-/m0/s1. The monoisotopic (exact) mass is 650 g/mol. The van der Waals surface area contributed by atoms with Crippen molar-refractivity contribution in [2.75, 3.05) is 0 Å². The molecule has 1 aliphatic heterocycles. The van der Waals surface area contributed by atoms with Crippen molar-refractivity contribution in [2.24, 2.45) is 5.92 Å². The molecule has 0 radical (unpaired) electrons. The quantitative estimate of drug-likeness (QED) is 0.201. The molecule has 2 saturated carbocycles. The molecule has 5 rings (SSSR count). The SMILES string of the molecule is O=C1N[C@@](c2ccc(CCCCC(F)(F)F)cc2F)(C(F)(F)F)CC(c2ccn(CC3CC3)n2)=C1C(=O)NS(=O)(=O)C1CC1. The Labute approximate surface area is 248 Å². The van der Waals surface area contributed by atoms with E-state index in [1.165, 1.54) is 16.9 Å². The van der Waals surface area contributed by atoms with Crippen LogP contribution in [0.5, 0.6) is 0 Å². The molecule has 16 heteroatoms. The molecule has 2 heterocycles. The molecule has 44 heavy (non-hydrogen) atoms. The number of hydrogen-bond donors (Lipinski definition) is 2. The highest BCUT2D eigenvalue weighted by molar-refractivity contribution is 7.91. The van der Waals surface area contributed by atoms with Gasteiger partial charge in [0.15, 0.2) is 5.54 Å². The highest BCUT2D eigenvalue weighted by Crippen LogP contribution is 2.49. The fourth-order valence-electron chi connectivity index (χ4n) is 5.28. The van der Waals surface area contributed by atoms with Crippen molar-refractivity contribution in [3.8, 4) is 0 Å². The van der Waals surface area contributed by atoms with Gasteiger partial charge in [-0.25, -0.2) is 17.5 Å². The van der Waals surface area contributed by atoms with Crippen LogP contribution in [0, 0.1) is 11.7 Å². The van der Waals surface area contributed by atoms with Gasteiger partial charge in [0.25, 0.3) is 11.8 Å². The first-order valence-corrected chi connectivity index (χ1v) is 15.6. The average molecular weight is 651 g/mol. The van der Waals surface area contributed by atoms with E-state index in [0.29, 0.717) is 12.5 Å². The summed E-state index contributed by atoms with van der Waals surface area (Å²) >= 11 is 0. The summed E-state index contributed by atoms with van der Waals surface area (Å²) in [7, 11) is -4.19. The summed E-state index contributed by atoms with van der Waals surface area (Å²) in [6.45, 7) is 0.445. The first-order chi connectivity index (χ1) is 20.5. The van der Waals surface area contributed by atoms with Crippen LogP contribution in [0.3, 0.4) is 0 Å². The third-order valence-corrected chi connectivity index (χ3v) is 9.79. The Hall–Kier alpha value is -3.43. The summed E-state index contributed by atoms with van der Waals surface area (Å²) < 4.78 is 126. The maximum atomic E-state index is 15.5. The first kappa shape index (κ1) is 32.0. The number of benzene rings is 1. The van der Waals surface area contributed by atoms with Crippen LogP contribution in [-0.4, -0.2) is 47.6 Å². The zero-order chi connectivity index (χ0) is 32.1. The fourth-order valence-corrected chi connectivity index (χ4v) is 6.57. The van der Waals surface area contributed by atoms with Crippen LogP contribution in [0.2, 0.25) is 0 Å². The third kappa shape index (κ3) is 6.94. The Bertz CT molecular complexity index is 1590. The molecule has 2 aliphatic carbocycles. The highest BCUT2D eigenvalue weighted by Gasteiger charge is 2.61. The average Bonchev–Trinajstić information content (AvgIpc) is 3.83. The number of sulfonamides is 1. The largest absolute Gasteiger partial charge is 0.416 e. The van der Waals surface area contributed by atoms with Gasteiger partial charge in [0.05, 0.1) is 10.9 Å². The van der Waals surface area contributed by atoms with Crippen LogP contribution in [0.15, 0.2) is 36.0 Å². The van der Waals surface area contributed by atoms with Gasteiger partial charge in [-0.15, -0.1) is 0 Å². The molecule has 0 unspecified atom stereocenters. The number of aryl methyl sites for hydroxylation is 1. The van der Waals surface area contributed by atoms with Crippen LogP contribution in [0.4, 0.5) is 30.7 Å². The first-order valence-electron chi connectivity index (χ1n) is 14.1. The van der Waals surface area contributed by atoms with E-state index < -0.39 is 80.3 Å². The minimum Gasteiger partial charge on any atom is -0.334 e. The van der Waals surface area contributed by atoms with Gasteiger partial charge in [0, 0.05) is 36.7 Å². The van der Waals surface area contributed by atoms with E-state index in [-0.39, 0.29) is 43.4 Å². The molecule has 2 amide bonds. The Kier molecular flexibility index (Phi) is 8.35. The van der Waals surface area contributed by atoms with E-state index in [1.807, 2.05) is 0 Å². The Morgan fingerprint density at radius 1 is 1.07 bits per heavy atom. The van der Waals surface area contributed by atoms with Gasteiger partial charge < -0.3 is 5.32 Å². The topological polar surface area (TPSA) is 110 Å². The van der Waals surface area contributed by atoms with Gasteiger partial charge in [0.1, 0.15) is 11.4 Å². The highest BCUT2D eigenvalue weighted by atomic mass is 32.2. The summed E-state index contributed by atoms with van der Waals surface area (Å²) in [5, 5.41) is 5.15. The number of carbonyl (C=O) groups is 2.